The van der Waals surface area contributed by atoms with Crippen molar-refractivity contribution in [1.29, 1.82) is 0 Å². The van der Waals surface area contributed by atoms with Crippen molar-refractivity contribution in [2.45, 2.75) is 0 Å². The second-order valence-electron chi connectivity index (χ2n) is 2.17. The molecule has 0 heterocycles. The Hall–Kier alpha value is -1.82. The Kier molecular flexibility index (Phi) is 2.44. The monoisotopic (exact) mass is 161 g/mol. The molecule has 1 amide bonds. The van der Waals surface area contributed by atoms with Crippen molar-refractivity contribution in [3.63, 3.8) is 0 Å². The number of hydrogen-bond donors (Lipinski definition) is 1. The van der Waals surface area contributed by atoms with Crippen LogP contribution < -0.4 is 5.32 Å². The molecule has 0 saturated heterocycles. The molecule has 0 bridgehead atoms. The zero-order valence-electron chi connectivity index (χ0n) is 6.55. The van der Waals surface area contributed by atoms with Crippen molar-refractivity contribution in [3.8, 4) is 0 Å². The lowest BCUT2D eigenvalue weighted by molar-refractivity contribution is 0.0963. The highest BCUT2D eigenvalue weighted by molar-refractivity contribution is 5.95. The molecule has 0 aliphatic heterocycles. The van der Waals surface area contributed by atoms with Gasteiger partial charge in [-0.1, -0.05) is 12.1 Å². The van der Waals surface area contributed by atoms with Gasteiger partial charge in [0.25, 0.3) is 5.91 Å². The average molecular weight is 161 g/mol. The number of nitrogens with one attached hydrogen (secondary N) is 1. The molecule has 1 aromatic carbocycles. The molecule has 0 aromatic heterocycles. The normalized spacial score (nSPS) is 8.42. The van der Waals surface area contributed by atoms with E-state index in [4.69, 9.17) is 0 Å². The second kappa shape index (κ2) is 3.54. The lowest BCUT2D eigenvalue weighted by Gasteiger charge is -1.95. The summed E-state index contributed by atoms with van der Waals surface area (Å²) in [5, 5.41) is 2.44. The summed E-state index contributed by atoms with van der Waals surface area (Å²) in [5.74, 6) is -0.233. The standard InChI is InChI=1S/C9H7NO2/c1-10-9(12)8-4-2-3-7(5-8)6-11/h4-6H,1H3,(H,10,12). The van der Waals surface area contributed by atoms with Crippen LogP contribution in [0.3, 0.4) is 0 Å². The smallest absolute Gasteiger partial charge is 0.251 e. The van der Waals surface area contributed by atoms with E-state index < -0.39 is 0 Å². The third kappa shape index (κ3) is 1.61. The van der Waals surface area contributed by atoms with Crippen LogP contribution >= 0.6 is 0 Å². The largest absolute Gasteiger partial charge is 0.355 e. The zero-order chi connectivity index (χ0) is 8.97. The summed E-state index contributed by atoms with van der Waals surface area (Å²) < 4.78 is 0. The maximum absolute atomic E-state index is 11.0. The van der Waals surface area contributed by atoms with E-state index >= 15 is 0 Å². The van der Waals surface area contributed by atoms with Gasteiger partial charge in [-0.2, -0.15) is 0 Å². The van der Waals surface area contributed by atoms with Crippen LogP contribution in [0.4, 0.5) is 0 Å². The van der Waals surface area contributed by atoms with Gasteiger partial charge in [0.2, 0.25) is 0 Å². The Morgan fingerprint density at radius 1 is 1.67 bits per heavy atom. The summed E-state index contributed by atoms with van der Waals surface area (Å²) in [7, 11) is 1.53. The fourth-order valence-corrected chi connectivity index (χ4v) is 0.781. The molecule has 0 unspecified atom stereocenters. The van der Waals surface area contributed by atoms with Gasteiger partial charge >= 0.3 is 0 Å². The number of carbonyl (C=O) groups is 2. The summed E-state index contributed by atoms with van der Waals surface area (Å²) in [5.41, 5.74) is 0.745. The van der Waals surface area contributed by atoms with Gasteiger partial charge in [0.05, 0.1) is 5.56 Å². The maximum Gasteiger partial charge on any atom is 0.251 e. The molecule has 1 aromatic rings. The van der Waals surface area contributed by atoms with Crippen LogP contribution in [0.1, 0.15) is 20.7 Å². The van der Waals surface area contributed by atoms with Crippen molar-refractivity contribution in [1.82, 2.24) is 5.32 Å². The molecule has 1 N–H and O–H groups in total. The van der Waals surface area contributed by atoms with Gasteiger partial charge in [-0.25, -0.2) is 0 Å². The van der Waals surface area contributed by atoms with E-state index in [2.05, 4.69) is 17.4 Å². The van der Waals surface area contributed by atoms with E-state index in [1.54, 1.807) is 0 Å². The van der Waals surface area contributed by atoms with E-state index in [9.17, 15) is 9.59 Å². The first-order chi connectivity index (χ1) is 5.77. The predicted molar refractivity (Wildman–Crippen MR) is 42.9 cm³/mol. The van der Waals surface area contributed by atoms with Gasteiger partial charge in [-0.05, 0) is 6.07 Å². The quantitative estimate of drug-likeness (QED) is 0.640. The third-order valence-corrected chi connectivity index (χ3v) is 1.37. The van der Waals surface area contributed by atoms with Gasteiger partial charge in [-0.15, -0.1) is 0 Å². The maximum atomic E-state index is 11.0. The van der Waals surface area contributed by atoms with E-state index in [0.29, 0.717) is 17.4 Å². The van der Waals surface area contributed by atoms with Crippen LogP contribution in [0.2, 0.25) is 0 Å². The molecule has 0 atom stereocenters. The molecular weight excluding hydrogens is 154 g/mol. The Balaban J connectivity index is 3.01. The minimum absolute atomic E-state index is 0.233. The molecule has 3 nitrogen and oxygen atoms in total. The summed E-state index contributed by atoms with van der Waals surface area (Å²) in [6.45, 7) is 0. The van der Waals surface area contributed by atoms with Crippen molar-refractivity contribution in [2.24, 2.45) is 0 Å². The molecule has 12 heavy (non-hydrogen) atoms. The van der Waals surface area contributed by atoms with Gasteiger partial charge in [-0.3, -0.25) is 9.59 Å². The summed E-state index contributed by atoms with van der Waals surface area (Å²) in [6.07, 6.45) is 0.628. The first-order valence-electron chi connectivity index (χ1n) is 3.38. The fraction of sp³-hybridized carbons (Fsp3) is 0.111. The van der Waals surface area contributed by atoms with Crippen molar-refractivity contribution >= 4 is 12.2 Å². The van der Waals surface area contributed by atoms with Crippen LogP contribution in [0.15, 0.2) is 12.1 Å². The van der Waals surface area contributed by atoms with E-state index in [1.807, 2.05) is 0 Å². The molecule has 0 radical (unpaired) electrons. The third-order valence-electron chi connectivity index (χ3n) is 1.37. The lowest BCUT2D eigenvalue weighted by Crippen LogP contribution is -2.17. The summed E-state index contributed by atoms with van der Waals surface area (Å²) in [6, 6.07) is 8.08. The minimum atomic E-state index is -0.233. The SMILES string of the molecule is CNC(=O)c1cc#cc(C=O)c1. The number of carbonyl (C=O) groups excluding carboxylic acids is 2. The molecule has 0 fully saturated rings. The van der Waals surface area contributed by atoms with Crippen LogP contribution in [-0.2, 0) is 0 Å². The predicted octanol–water partition coefficient (Wildman–Crippen LogP) is 0.459. The molecular formula is C9H7NO2. The van der Waals surface area contributed by atoms with E-state index in [1.165, 1.54) is 19.2 Å². The summed E-state index contributed by atoms with van der Waals surface area (Å²) >= 11 is 0. The van der Waals surface area contributed by atoms with Crippen LogP contribution in [0.5, 0.6) is 0 Å². The molecule has 0 spiro atoms. The highest BCUT2D eigenvalue weighted by atomic mass is 16.1. The second-order valence-corrected chi connectivity index (χ2v) is 2.17. The van der Waals surface area contributed by atoms with Crippen LogP contribution in [-0.4, -0.2) is 19.2 Å². The molecule has 0 aliphatic rings. The topological polar surface area (TPSA) is 46.2 Å². The number of amides is 1. The first kappa shape index (κ1) is 8.28. The van der Waals surface area contributed by atoms with Crippen LogP contribution in [0.25, 0.3) is 0 Å². The van der Waals surface area contributed by atoms with E-state index in [-0.39, 0.29) is 5.91 Å². The first-order valence-corrected chi connectivity index (χ1v) is 3.38. The van der Waals surface area contributed by atoms with Gasteiger partial charge < -0.3 is 5.32 Å². The van der Waals surface area contributed by atoms with Crippen molar-refractivity contribution in [2.75, 3.05) is 7.05 Å². The Morgan fingerprint density at radius 3 is 3.00 bits per heavy atom. The molecule has 60 valence electrons. The fourth-order valence-electron chi connectivity index (χ4n) is 0.781. The highest BCUT2D eigenvalue weighted by Crippen LogP contribution is 1.98. The van der Waals surface area contributed by atoms with E-state index in [0.717, 1.165) is 0 Å². The van der Waals surface area contributed by atoms with Gasteiger partial charge in [0.15, 0.2) is 6.29 Å². The lowest BCUT2D eigenvalue weighted by atomic mass is 10.2. The number of rotatable bonds is 2. The van der Waals surface area contributed by atoms with Gasteiger partial charge in [0, 0.05) is 18.7 Å². The molecule has 1 rings (SSSR count). The molecule has 0 saturated carbocycles. The van der Waals surface area contributed by atoms with Crippen molar-refractivity contribution < 1.29 is 9.59 Å². The average Bonchev–Trinajstić information content (AvgIpc) is 2.17. The Labute approximate surface area is 70.4 Å². The minimum Gasteiger partial charge on any atom is -0.355 e. The Bertz CT molecular complexity index is 307. The van der Waals surface area contributed by atoms with Crippen LogP contribution in [0, 0.1) is 12.1 Å². The highest BCUT2D eigenvalue weighted by Gasteiger charge is 2.01. The summed E-state index contributed by atoms with van der Waals surface area (Å²) in [4.78, 5) is 21.3. The zero-order valence-corrected chi connectivity index (χ0v) is 6.55. The van der Waals surface area contributed by atoms with Crippen molar-refractivity contribution in [3.05, 3.63) is 35.4 Å². The Morgan fingerprint density at radius 2 is 2.42 bits per heavy atom. The van der Waals surface area contributed by atoms with Gasteiger partial charge in [0.1, 0.15) is 0 Å². The number of hydrogen-bond acceptors (Lipinski definition) is 2. The number of aldehydes is 1. The molecule has 3 heteroatoms. The molecule has 0 aliphatic carbocycles.